The monoisotopic (exact) mass is 439 g/mol. The van der Waals surface area contributed by atoms with Gasteiger partial charge in [0.05, 0.1) is 31.5 Å². The van der Waals surface area contributed by atoms with Gasteiger partial charge in [-0.05, 0) is 46.6 Å². The number of nitrogens with zero attached hydrogens (tertiary/aromatic N) is 1. The van der Waals surface area contributed by atoms with Crippen molar-refractivity contribution in [3.63, 3.8) is 0 Å². The summed E-state index contributed by atoms with van der Waals surface area (Å²) in [6.45, 7) is 1.95. The first-order chi connectivity index (χ1) is 12.5. The zero-order chi connectivity index (χ0) is 19.1. The molecule has 0 aliphatic heterocycles. The van der Waals surface area contributed by atoms with E-state index < -0.39 is 0 Å². The first-order valence-corrected chi connectivity index (χ1v) is 8.85. The number of hydrazone groups is 1. The second kappa shape index (κ2) is 9.45. The van der Waals surface area contributed by atoms with Crippen LogP contribution in [0.2, 0.25) is 5.02 Å². The standard InChI is InChI=1S/C18H19BrClN3O3/c1-11-14(20)5-4-6-15(11)21-10-18(24)23-22-9-12-7-13(19)17(26-3)8-16(12)25-2/h4-9,21H,10H2,1-3H3,(H,23,24). The Labute approximate surface area is 165 Å². The zero-order valence-corrected chi connectivity index (χ0v) is 16.9. The SMILES string of the molecule is COc1cc(OC)c(C=NNC(=O)CNc2cccc(Cl)c2C)cc1Br. The van der Waals surface area contributed by atoms with E-state index in [2.05, 4.69) is 31.8 Å². The van der Waals surface area contributed by atoms with Crippen LogP contribution in [0.1, 0.15) is 11.1 Å². The van der Waals surface area contributed by atoms with Gasteiger partial charge in [0, 0.05) is 22.3 Å². The number of carbonyl (C=O) groups is 1. The van der Waals surface area contributed by atoms with Crippen molar-refractivity contribution in [2.24, 2.45) is 5.10 Å². The highest BCUT2D eigenvalue weighted by molar-refractivity contribution is 9.10. The number of benzene rings is 2. The normalized spacial score (nSPS) is 10.7. The molecule has 0 atom stereocenters. The van der Waals surface area contributed by atoms with E-state index in [9.17, 15) is 4.79 Å². The van der Waals surface area contributed by atoms with Crippen molar-refractivity contribution in [2.45, 2.75) is 6.92 Å². The van der Waals surface area contributed by atoms with E-state index in [0.29, 0.717) is 22.1 Å². The number of nitrogens with one attached hydrogen (secondary N) is 2. The molecule has 2 aromatic rings. The summed E-state index contributed by atoms with van der Waals surface area (Å²) in [5.41, 5.74) is 4.85. The van der Waals surface area contributed by atoms with Crippen LogP contribution >= 0.6 is 27.5 Å². The van der Waals surface area contributed by atoms with Crippen LogP contribution in [0.4, 0.5) is 5.69 Å². The van der Waals surface area contributed by atoms with Crippen LogP contribution in [-0.2, 0) is 4.79 Å². The quantitative estimate of drug-likeness (QED) is 0.504. The molecule has 0 spiro atoms. The molecule has 0 heterocycles. The topological polar surface area (TPSA) is 72.0 Å². The maximum atomic E-state index is 11.9. The van der Waals surface area contributed by atoms with Gasteiger partial charge in [0.25, 0.3) is 5.91 Å². The summed E-state index contributed by atoms with van der Waals surface area (Å²) in [5.74, 6) is 0.937. The van der Waals surface area contributed by atoms with Crippen LogP contribution in [-0.4, -0.2) is 32.9 Å². The van der Waals surface area contributed by atoms with Crippen molar-refractivity contribution in [1.29, 1.82) is 0 Å². The molecule has 1 amide bonds. The van der Waals surface area contributed by atoms with E-state index in [-0.39, 0.29) is 12.5 Å². The van der Waals surface area contributed by atoms with Crippen molar-refractivity contribution in [2.75, 3.05) is 26.1 Å². The fourth-order valence-corrected chi connectivity index (χ4v) is 2.87. The number of rotatable bonds is 7. The predicted molar refractivity (Wildman–Crippen MR) is 108 cm³/mol. The van der Waals surface area contributed by atoms with E-state index in [4.69, 9.17) is 21.1 Å². The Balaban J connectivity index is 1.96. The summed E-state index contributed by atoms with van der Waals surface area (Å²) in [6, 6.07) is 9.00. The summed E-state index contributed by atoms with van der Waals surface area (Å²) < 4.78 is 11.3. The number of hydrogen-bond acceptors (Lipinski definition) is 5. The van der Waals surface area contributed by atoms with Crippen molar-refractivity contribution < 1.29 is 14.3 Å². The highest BCUT2D eigenvalue weighted by atomic mass is 79.9. The summed E-state index contributed by atoms with van der Waals surface area (Å²) in [5, 5.41) is 7.64. The minimum atomic E-state index is -0.285. The Morgan fingerprint density at radius 1 is 1.27 bits per heavy atom. The van der Waals surface area contributed by atoms with Crippen LogP contribution in [0.3, 0.4) is 0 Å². The lowest BCUT2D eigenvalue weighted by Crippen LogP contribution is -2.26. The lowest BCUT2D eigenvalue weighted by Gasteiger charge is -2.10. The average Bonchev–Trinajstić information content (AvgIpc) is 2.63. The average molecular weight is 441 g/mol. The summed E-state index contributed by atoms with van der Waals surface area (Å²) in [4.78, 5) is 11.9. The van der Waals surface area contributed by atoms with E-state index in [1.807, 2.05) is 19.1 Å². The van der Waals surface area contributed by atoms with Gasteiger partial charge in [-0.1, -0.05) is 17.7 Å². The molecule has 2 N–H and O–H groups in total. The van der Waals surface area contributed by atoms with Gasteiger partial charge < -0.3 is 14.8 Å². The number of hydrogen-bond donors (Lipinski definition) is 2. The van der Waals surface area contributed by atoms with Crippen molar-refractivity contribution in [3.8, 4) is 11.5 Å². The molecule has 0 aromatic heterocycles. The number of halogens is 2. The smallest absolute Gasteiger partial charge is 0.259 e. The Morgan fingerprint density at radius 3 is 2.69 bits per heavy atom. The summed E-state index contributed by atoms with van der Waals surface area (Å²) in [7, 11) is 3.12. The van der Waals surface area contributed by atoms with Crippen LogP contribution in [0, 0.1) is 6.92 Å². The van der Waals surface area contributed by atoms with Gasteiger partial charge in [-0.15, -0.1) is 0 Å². The lowest BCUT2D eigenvalue weighted by molar-refractivity contribution is -0.119. The largest absolute Gasteiger partial charge is 0.496 e. The molecule has 2 aromatic carbocycles. The molecule has 0 fully saturated rings. The first-order valence-electron chi connectivity index (χ1n) is 7.68. The third-order valence-electron chi connectivity index (χ3n) is 3.60. The van der Waals surface area contributed by atoms with Crippen LogP contribution in [0.15, 0.2) is 39.9 Å². The van der Waals surface area contributed by atoms with Gasteiger partial charge in [0.1, 0.15) is 11.5 Å². The summed E-state index contributed by atoms with van der Waals surface area (Å²) >= 11 is 9.46. The molecule has 0 radical (unpaired) electrons. The second-order valence-electron chi connectivity index (χ2n) is 5.29. The lowest BCUT2D eigenvalue weighted by atomic mass is 10.2. The molecular weight excluding hydrogens is 422 g/mol. The molecule has 0 saturated heterocycles. The minimum absolute atomic E-state index is 0.0714. The number of methoxy groups -OCH3 is 2. The van der Waals surface area contributed by atoms with Crippen LogP contribution in [0.25, 0.3) is 0 Å². The third kappa shape index (κ3) is 5.12. The number of amides is 1. The fourth-order valence-electron chi connectivity index (χ4n) is 2.17. The van der Waals surface area contributed by atoms with E-state index in [1.54, 1.807) is 32.4 Å². The van der Waals surface area contributed by atoms with E-state index in [0.717, 1.165) is 15.7 Å². The first kappa shape index (κ1) is 20.1. The van der Waals surface area contributed by atoms with Crippen molar-refractivity contribution in [3.05, 3.63) is 51.0 Å². The van der Waals surface area contributed by atoms with Gasteiger partial charge in [0.2, 0.25) is 0 Å². The number of ether oxygens (including phenoxy) is 2. The molecule has 0 bridgehead atoms. The van der Waals surface area contributed by atoms with Gasteiger partial charge in [-0.3, -0.25) is 4.79 Å². The Hall–Kier alpha value is -2.25. The minimum Gasteiger partial charge on any atom is -0.496 e. The molecule has 138 valence electrons. The van der Waals surface area contributed by atoms with Crippen LogP contribution in [0.5, 0.6) is 11.5 Å². The highest BCUT2D eigenvalue weighted by Crippen LogP contribution is 2.31. The number of anilines is 1. The van der Waals surface area contributed by atoms with Crippen LogP contribution < -0.4 is 20.2 Å². The Morgan fingerprint density at radius 2 is 2.00 bits per heavy atom. The fraction of sp³-hybridized carbons (Fsp3) is 0.222. The molecule has 0 aliphatic carbocycles. The van der Waals surface area contributed by atoms with Gasteiger partial charge in [0.15, 0.2) is 0 Å². The predicted octanol–water partition coefficient (Wildman–Crippen LogP) is 3.99. The van der Waals surface area contributed by atoms with Gasteiger partial charge in [-0.25, -0.2) is 5.43 Å². The molecule has 2 rings (SSSR count). The van der Waals surface area contributed by atoms with Gasteiger partial charge in [-0.2, -0.15) is 5.10 Å². The molecular formula is C18H19BrClN3O3. The molecule has 0 saturated carbocycles. The maximum absolute atomic E-state index is 11.9. The molecule has 0 unspecified atom stereocenters. The maximum Gasteiger partial charge on any atom is 0.259 e. The molecule has 0 aliphatic rings. The van der Waals surface area contributed by atoms with Crippen molar-refractivity contribution >= 4 is 45.3 Å². The number of carbonyl (C=O) groups excluding carboxylic acids is 1. The molecule has 26 heavy (non-hydrogen) atoms. The molecule has 8 heteroatoms. The Bertz CT molecular complexity index is 828. The third-order valence-corrected chi connectivity index (χ3v) is 4.63. The van der Waals surface area contributed by atoms with E-state index in [1.165, 1.54) is 6.21 Å². The second-order valence-corrected chi connectivity index (χ2v) is 6.55. The molecule has 6 nitrogen and oxygen atoms in total. The summed E-state index contributed by atoms with van der Waals surface area (Å²) in [6.07, 6.45) is 1.51. The van der Waals surface area contributed by atoms with Gasteiger partial charge >= 0.3 is 0 Å². The van der Waals surface area contributed by atoms with Crippen molar-refractivity contribution in [1.82, 2.24) is 5.43 Å². The zero-order valence-electron chi connectivity index (χ0n) is 14.6. The highest BCUT2D eigenvalue weighted by Gasteiger charge is 2.08. The Kier molecular flexibility index (Phi) is 7.29. The van der Waals surface area contributed by atoms with E-state index >= 15 is 0 Å².